The summed E-state index contributed by atoms with van der Waals surface area (Å²) in [5.41, 5.74) is 0. The average Bonchev–Trinajstić information content (AvgIpc) is 2.15. The molecule has 2 atom stereocenters. The molecule has 0 aromatic heterocycles. The highest BCUT2D eigenvalue weighted by atomic mass is 16.5. The van der Waals surface area contributed by atoms with E-state index in [4.69, 9.17) is 9.84 Å². The zero-order valence-electron chi connectivity index (χ0n) is 9.33. The fourth-order valence-electron chi connectivity index (χ4n) is 1.43. The van der Waals surface area contributed by atoms with Crippen LogP contribution in [0.4, 0.5) is 0 Å². The van der Waals surface area contributed by atoms with Crippen molar-refractivity contribution >= 4 is 0 Å². The van der Waals surface area contributed by atoms with Crippen molar-refractivity contribution in [3.8, 4) is 0 Å². The summed E-state index contributed by atoms with van der Waals surface area (Å²) in [7, 11) is 1.68. The molecule has 0 rings (SSSR count). The van der Waals surface area contributed by atoms with Crippen LogP contribution in [0.2, 0.25) is 0 Å². The Labute approximate surface area is 87.2 Å². The summed E-state index contributed by atoms with van der Waals surface area (Å²) < 4.78 is 5.07. The lowest BCUT2D eigenvalue weighted by molar-refractivity contribution is 0.143. The molecule has 3 heteroatoms. The number of aliphatic hydroxyl groups is 1. The minimum absolute atomic E-state index is 0.204. The molecule has 14 heavy (non-hydrogen) atoms. The van der Waals surface area contributed by atoms with Crippen LogP contribution < -0.4 is 5.32 Å². The Morgan fingerprint density at radius 1 is 1.50 bits per heavy atom. The van der Waals surface area contributed by atoms with E-state index in [1.54, 1.807) is 7.11 Å². The Morgan fingerprint density at radius 3 is 2.71 bits per heavy atom. The van der Waals surface area contributed by atoms with E-state index in [9.17, 15) is 0 Å². The van der Waals surface area contributed by atoms with Crippen molar-refractivity contribution in [2.45, 2.75) is 38.3 Å². The summed E-state index contributed by atoms with van der Waals surface area (Å²) in [5.74, 6) is 0. The lowest BCUT2D eigenvalue weighted by Gasteiger charge is -2.21. The van der Waals surface area contributed by atoms with Gasteiger partial charge in [-0.3, -0.25) is 0 Å². The highest BCUT2D eigenvalue weighted by Gasteiger charge is 2.10. The second kappa shape index (κ2) is 9.19. The number of hydrogen-bond acceptors (Lipinski definition) is 3. The third kappa shape index (κ3) is 7.06. The molecule has 0 spiro atoms. The molecule has 0 aromatic carbocycles. The predicted molar refractivity (Wildman–Crippen MR) is 59.4 cm³/mol. The summed E-state index contributed by atoms with van der Waals surface area (Å²) in [5, 5.41) is 12.3. The molecule has 0 aromatic rings. The van der Waals surface area contributed by atoms with Crippen LogP contribution in [0.3, 0.4) is 0 Å². The van der Waals surface area contributed by atoms with E-state index in [1.807, 2.05) is 6.08 Å². The van der Waals surface area contributed by atoms with Crippen LogP contribution in [0.25, 0.3) is 0 Å². The fourth-order valence-corrected chi connectivity index (χ4v) is 1.43. The summed E-state index contributed by atoms with van der Waals surface area (Å²) in [6, 6.07) is 0.699. The van der Waals surface area contributed by atoms with E-state index < -0.39 is 0 Å². The lowest BCUT2D eigenvalue weighted by Crippen LogP contribution is -2.40. The van der Waals surface area contributed by atoms with Gasteiger partial charge in [0.15, 0.2) is 0 Å². The van der Waals surface area contributed by atoms with Crippen LogP contribution in [0.1, 0.15) is 26.2 Å². The molecule has 0 amide bonds. The van der Waals surface area contributed by atoms with Gasteiger partial charge in [0.2, 0.25) is 0 Å². The van der Waals surface area contributed by atoms with Gasteiger partial charge in [-0.25, -0.2) is 0 Å². The predicted octanol–water partition coefficient (Wildman–Crippen LogP) is 1.33. The van der Waals surface area contributed by atoms with Gasteiger partial charge in [-0.15, -0.1) is 6.58 Å². The van der Waals surface area contributed by atoms with E-state index in [2.05, 4.69) is 18.8 Å². The first-order valence-corrected chi connectivity index (χ1v) is 5.21. The first kappa shape index (κ1) is 13.6. The average molecular weight is 201 g/mol. The lowest BCUT2D eigenvalue weighted by atomic mass is 10.1. The van der Waals surface area contributed by atoms with Gasteiger partial charge in [-0.1, -0.05) is 6.08 Å². The molecule has 2 unspecified atom stereocenters. The quantitative estimate of drug-likeness (QED) is 0.553. The van der Waals surface area contributed by atoms with Gasteiger partial charge in [0, 0.05) is 25.8 Å². The molecule has 0 bridgehead atoms. The molecule has 0 saturated carbocycles. The number of hydrogen-bond donors (Lipinski definition) is 2. The highest BCUT2D eigenvalue weighted by Crippen LogP contribution is 2.01. The van der Waals surface area contributed by atoms with Crippen molar-refractivity contribution in [3.63, 3.8) is 0 Å². The molecule has 2 N–H and O–H groups in total. The van der Waals surface area contributed by atoms with Gasteiger partial charge in [0.1, 0.15) is 0 Å². The van der Waals surface area contributed by atoms with Crippen molar-refractivity contribution in [2.75, 3.05) is 20.3 Å². The number of nitrogens with one attached hydrogen (secondary N) is 1. The van der Waals surface area contributed by atoms with E-state index in [1.165, 1.54) is 0 Å². The molecule has 0 radical (unpaired) electrons. The van der Waals surface area contributed by atoms with Crippen LogP contribution in [-0.4, -0.2) is 37.5 Å². The Bertz CT molecular complexity index is 133. The third-order valence-electron chi connectivity index (χ3n) is 2.17. The van der Waals surface area contributed by atoms with Crippen LogP contribution in [-0.2, 0) is 4.74 Å². The molecule has 3 nitrogen and oxygen atoms in total. The Kier molecular flexibility index (Phi) is 8.94. The smallest absolute Gasteiger partial charge is 0.0616 e. The maximum Gasteiger partial charge on any atom is 0.0616 e. The fraction of sp³-hybridized carbons (Fsp3) is 0.818. The number of methoxy groups -OCH3 is 1. The zero-order valence-corrected chi connectivity index (χ0v) is 9.33. The minimum atomic E-state index is 0.204. The van der Waals surface area contributed by atoms with Gasteiger partial charge >= 0.3 is 0 Å². The van der Waals surface area contributed by atoms with E-state index in [0.29, 0.717) is 12.6 Å². The third-order valence-corrected chi connectivity index (χ3v) is 2.17. The zero-order chi connectivity index (χ0) is 10.8. The van der Waals surface area contributed by atoms with Gasteiger partial charge in [0.25, 0.3) is 0 Å². The van der Waals surface area contributed by atoms with Gasteiger partial charge in [0.05, 0.1) is 6.61 Å². The summed E-state index contributed by atoms with van der Waals surface area (Å²) in [6.45, 7) is 6.69. The van der Waals surface area contributed by atoms with Gasteiger partial charge in [-0.2, -0.15) is 0 Å². The molecular formula is C11H23NO2. The maximum absolute atomic E-state index is 8.84. The summed E-state index contributed by atoms with van der Waals surface area (Å²) >= 11 is 0. The monoisotopic (exact) mass is 201 g/mol. The number of aliphatic hydroxyl groups excluding tert-OH is 1. The second-order valence-electron chi connectivity index (χ2n) is 3.60. The maximum atomic E-state index is 8.84. The normalized spacial score (nSPS) is 15.1. The molecule has 0 aliphatic heterocycles. The molecule has 0 saturated heterocycles. The molecule has 0 aliphatic carbocycles. The number of ether oxygens (including phenoxy) is 1. The molecule has 0 fully saturated rings. The van der Waals surface area contributed by atoms with E-state index >= 15 is 0 Å². The van der Waals surface area contributed by atoms with Gasteiger partial charge < -0.3 is 15.2 Å². The van der Waals surface area contributed by atoms with Crippen LogP contribution in [0.5, 0.6) is 0 Å². The topological polar surface area (TPSA) is 41.5 Å². The van der Waals surface area contributed by atoms with E-state index in [-0.39, 0.29) is 12.6 Å². The van der Waals surface area contributed by atoms with Crippen LogP contribution in [0, 0.1) is 0 Å². The first-order valence-electron chi connectivity index (χ1n) is 5.21. The Balaban J connectivity index is 3.69. The van der Waals surface area contributed by atoms with Gasteiger partial charge in [-0.05, 0) is 26.2 Å². The first-order chi connectivity index (χ1) is 6.74. The summed E-state index contributed by atoms with van der Waals surface area (Å²) in [6.07, 6.45) is 4.77. The van der Waals surface area contributed by atoms with Crippen molar-refractivity contribution in [1.29, 1.82) is 0 Å². The minimum Gasteiger partial charge on any atom is -0.396 e. The molecule has 84 valence electrons. The second-order valence-corrected chi connectivity index (χ2v) is 3.60. The number of allylic oxidation sites excluding steroid dienone is 1. The van der Waals surface area contributed by atoms with E-state index in [0.717, 1.165) is 19.3 Å². The van der Waals surface area contributed by atoms with Crippen molar-refractivity contribution < 1.29 is 9.84 Å². The number of rotatable bonds is 9. The Hall–Kier alpha value is -0.380. The Morgan fingerprint density at radius 2 is 2.21 bits per heavy atom. The largest absolute Gasteiger partial charge is 0.396 e. The highest BCUT2D eigenvalue weighted by molar-refractivity contribution is 4.75. The molecule has 0 heterocycles. The van der Waals surface area contributed by atoms with Crippen molar-refractivity contribution in [2.24, 2.45) is 0 Å². The molecule has 0 aliphatic rings. The van der Waals surface area contributed by atoms with Crippen molar-refractivity contribution in [1.82, 2.24) is 5.32 Å². The molecular weight excluding hydrogens is 178 g/mol. The van der Waals surface area contributed by atoms with Crippen LogP contribution in [0.15, 0.2) is 12.7 Å². The standard InChI is InChI=1S/C11H23NO2/c1-4-5-6-10(2)12-11(7-8-13)9-14-3/h4,10-13H,1,5-9H2,2-3H3. The van der Waals surface area contributed by atoms with Crippen molar-refractivity contribution in [3.05, 3.63) is 12.7 Å². The SMILES string of the molecule is C=CCCC(C)NC(CCO)COC. The van der Waals surface area contributed by atoms with Crippen LogP contribution >= 0.6 is 0 Å². The summed E-state index contributed by atoms with van der Waals surface area (Å²) in [4.78, 5) is 0.